The molecule has 1 aliphatic rings. The van der Waals surface area contributed by atoms with Gasteiger partial charge in [0.05, 0.1) is 0 Å². The molecule has 1 saturated heterocycles. The number of alkyl halides is 1. The van der Waals surface area contributed by atoms with Gasteiger partial charge in [0.15, 0.2) is 23.7 Å². The van der Waals surface area contributed by atoms with Crippen LogP contribution in [0.3, 0.4) is 0 Å². The molecule has 2 heterocycles. The number of thiophene rings is 1. The zero-order valence-corrected chi connectivity index (χ0v) is 29.0. The van der Waals surface area contributed by atoms with Crippen molar-refractivity contribution in [3.63, 3.8) is 0 Å². The molecule has 1 aliphatic heterocycles. The minimum absolute atomic E-state index is 0.0329. The van der Waals surface area contributed by atoms with Gasteiger partial charge in [0.2, 0.25) is 17.2 Å². The summed E-state index contributed by atoms with van der Waals surface area (Å²) >= 11 is 8.25. The molecule has 0 radical (unpaired) electrons. The Labute approximate surface area is 307 Å². The number of ether oxygens (including phenoxy) is 1. The zero-order chi connectivity index (χ0) is 36.6. The molecular weight excluding hydrogens is 703 g/mol. The van der Waals surface area contributed by atoms with E-state index in [2.05, 4.69) is 0 Å². The summed E-state index contributed by atoms with van der Waals surface area (Å²) in [5.74, 6) is -3.80. The second-order valence-corrected chi connectivity index (χ2v) is 14.3. The molecule has 1 unspecified atom stereocenters. The van der Waals surface area contributed by atoms with Crippen molar-refractivity contribution in [2.24, 2.45) is 0 Å². The van der Waals surface area contributed by atoms with E-state index in [9.17, 15) is 29.7 Å². The highest BCUT2D eigenvalue weighted by Gasteiger charge is 2.74. The first kappa shape index (κ1) is 35.5. The maximum atomic E-state index is 17.3. The molecule has 5 aromatic carbocycles. The van der Waals surface area contributed by atoms with E-state index < -0.39 is 53.0 Å². The van der Waals surface area contributed by atoms with Crippen LogP contribution in [0.5, 0.6) is 0 Å². The van der Waals surface area contributed by atoms with E-state index in [4.69, 9.17) is 16.3 Å². The zero-order valence-electron chi connectivity index (χ0n) is 27.4. The lowest BCUT2D eigenvalue weighted by atomic mass is 9.63. The van der Waals surface area contributed by atoms with Crippen molar-refractivity contribution in [2.75, 3.05) is 0 Å². The quantitative estimate of drug-likeness (QED) is 0.125. The predicted octanol–water partition coefficient (Wildman–Crippen LogP) is 7.45. The standard InChI is InChI=1S/C42H32ClFO7S/c43-32-21-20-29(22-30(32)24-31-23-28-18-10-11-19-33(28)52-31)40-42(50,39(48)27-16-8-3-9-17-27)41(49,38(47)26-14-6-2-7-15-26)37(44)36(51-40)35(46)34(45)25-12-4-1-5-13-25/h1-23,34,36-37,40,45,49-50H,24H2/t34?,36-,37+,40+,41-,42+/m1/s1. The third-order valence-electron chi connectivity index (χ3n) is 9.55. The van der Waals surface area contributed by atoms with Gasteiger partial charge in [-0.15, -0.1) is 11.3 Å². The van der Waals surface area contributed by atoms with Gasteiger partial charge in [-0.3, -0.25) is 14.4 Å². The van der Waals surface area contributed by atoms with Gasteiger partial charge < -0.3 is 20.1 Å². The Morgan fingerprint density at radius 3 is 1.92 bits per heavy atom. The van der Waals surface area contributed by atoms with Gasteiger partial charge in [0, 0.05) is 32.1 Å². The number of hydrogen-bond donors (Lipinski definition) is 3. The van der Waals surface area contributed by atoms with Gasteiger partial charge in [-0.1, -0.05) is 133 Å². The molecule has 262 valence electrons. The average molecular weight is 735 g/mol. The van der Waals surface area contributed by atoms with Crippen LogP contribution in [0.4, 0.5) is 4.39 Å². The minimum atomic E-state index is -3.60. The van der Waals surface area contributed by atoms with Crippen LogP contribution in [0.15, 0.2) is 140 Å². The highest BCUT2D eigenvalue weighted by molar-refractivity contribution is 7.19. The van der Waals surface area contributed by atoms with Crippen LogP contribution in [-0.2, 0) is 16.0 Å². The lowest BCUT2D eigenvalue weighted by Crippen LogP contribution is -2.77. The van der Waals surface area contributed by atoms with Crippen molar-refractivity contribution in [3.8, 4) is 0 Å². The number of Topliss-reactive ketones (excluding diaryl/α,β-unsaturated/α-hetero) is 3. The van der Waals surface area contributed by atoms with Crippen molar-refractivity contribution in [1.29, 1.82) is 0 Å². The summed E-state index contributed by atoms with van der Waals surface area (Å²) in [4.78, 5) is 44.0. The lowest BCUT2D eigenvalue weighted by molar-refractivity contribution is -0.261. The first-order valence-electron chi connectivity index (χ1n) is 16.5. The van der Waals surface area contributed by atoms with E-state index in [-0.39, 0.29) is 22.3 Å². The Hall–Kier alpha value is -4.87. The second kappa shape index (κ2) is 14.3. The molecule has 0 spiro atoms. The number of benzene rings is 5. The molecule has 1 fully saturated rings. The maximum Gasteiger partial charge on any atom is 0.201 e. The molecule has 1 aromatic heterocycles. The summed E-state index contributed by atoms with van der Waals surface area (Å²) < 4.78 is 24.5. The summed E-state index contributed by atoms with van der Waals surface area (Å²) in [5.41, 5.74) is -6.66. The predicted molar refractivity (Wildman–Crippen MR) is 196 cm³/mol. The molecule has 7 nitrogen and oxygen atoms in total. The van der Waals surface area contributed by atoms with Crippen molar-refractivity contribution >= 4 is 50.4 Å². The third-order valence-corrected chi connectivity index (χ3v) is 11.0. The highest BCUT2D eigenvalue weighted by atomic mass is 35.5. The van der Waals surface area contributed by atoms with E-state index >= 15 is 4.39 Å². The molecule has 3 N–H and O–H groups in total. The third kappa shape index (κ3) is 6.09. The maximum absolute atomic E-state index is 17.3. The molecule has 6 atom stereocenters. The van der Waals surface area contributed by atoms with Gasteiger partial charge in [0.1, 0.15) is 12.2 Å². The van der Waals surface area contributed by atoms with E-state index in [0.717, 1.165) is 15.0 Å². The fourth-order valence-corrected chi connectivity index (χ4v) is 8.12. The van der Waals surface area contributed by atoms with Crippen molar-refractivity contribution in [1.82, 2.24) is 0 Å². The van der Waals surface area contributed by atoms with Gasteiger partial charge in [-0.2, -0.15) is 0 Å². The number of hydrogen-bond acceptors (Lipinski definition) is 8. The average Bonchev–Trinajstić information content (AvgIpc) is 3.60. The number of halogens is 2. The number of carbonyl (C=O) groups excluding carboxylic acids is 3. The van der Waals surface area contributed by atoms with E-state index in [1.165, 1.54) is 72.8 Å². The van der Waals surface area contributed by atoms with Crippen molar-refractivity contribution in [3.05, 3.63) is 177 Å². The monoisotopic (exact) mass is 734 g/mol. The summed E-state index contributed by atoms with van der Waals surface area (Å²) in [6.45, 7) is 0. The molecule has 0 amide bonds. The fraction of sp³-hybridized carbons (Fsp3) is 0.167. The molecule has 0 saturated carbocycles. The SMILES string of the molecule is O=C(C(O)c1ccccc1)[C@H]1O[C@@H](c2ccc(Cl)c(Cc3cc4ccccc4s3)c2)[C@@](O)(C(=O)c2ccccc2)[C@](O)(C(=O)c2ccccc2)[C@H]1F. The molecule has 0 bridgehead atoms. The number of aliphatic hydroxyl groups is 3. The normalized spacial score (nSPS) is 23.6. The minimum Gasteiger partial charge on any atom is -0.380 e. The largest absolute Gasteiger partial charge is 0.380 e. The Balaban J connectivity index is 1.42. The molecule has 7 rings (SSSR count). The molecular formula is C42H32ClFO7S. The molecule has 52 heavy (non-hydrogen) atoms. The summed E-state index contributed by atoms with van der Waals surface area (Å²) in [6, 6.07) is 36.5. The van der Waals surface area contributed by atoms with Crippen LogP contribution in [0.2, 0.25) is 5.02 Å². The summed E-state index contributed by atoms with van der Waals surface area (Å²) in [6.07, 6.45) is -8.97. The fourth-order valence-electron chi connectivity index (χ4n) is 6.84. The van der Waals surface area contributed by atoms with Gasteiger partial charge in [0.25, 0.3) is 0 Å². The Kier molecular flexibility index (Phi) is 9.75. The smallest absolute Gasteiger partial charge is 0.201 e. The highest BCUT2D eigenvalue weighted by Crippen LogP contribution is 2.51. The first-order chi connectivity index (χ1) is 25.0. The van der Waals surface area contributed by atoms with Crippen LogP contribution < -0.4 is 0 Å². The number of fused-ring (bicyclic) bond motifs is 1. The Morgan fingerprint density at radius 1 is 0.750 bits per heavy atom. The molecule has 10 heteroatoms. The Morgan fingerprint density at radius 2 is 1.31 bits per heavy atom. The van der Waals surface area contributed by atoms with Crippen LogP contribution >= 0.6 is 22.9 Å². The first-order valence-corrected chi connectivity index (χ1v) is 17.7. The second-order valence-electron chi connectivity index (χ2n) is 12.8. The number of carbonyl (C=O) groups is 3. The van der Waals surface area contributed by atoms with E-state index in [0.29, 0.717) is 17.0 Å². The van der Waals surface area contributed by atoms with Gasteiger partial charge >= 0.3 is 0 Å². The Bertz CT molecular complexity index is 2230. The van der Waals surface area contributed by atoms with Crippen LogP contribution in [0.1, 0.15) is 54.5 Å². The van der Waals surface area contributed by atoms with Crippen molar-refractivity contribution < 1.29 is 38.8 Å². The number of ketones is 3. The van der Waals surface area contributed by atoms with E-state index in [1.54, 1.807) is 47.7 Å². The summed E-state index contributed by atoms with van der Waals surface area (Å²) in [7, 11) is 0. The van der Waals surface area contributed by atoms with E-state index in [1.807, 2.05) is 30.3 Å². The molecule has 0 aliphatic carbocycles. The van der Waals surface area contributed by atoms with Gasteiger partial charge in [-0.25, -0.2) is 4.39 Å². The van der Waals surface area contributed by atoms with Crippen LogP contribution in [-0.4, -0.2) is 56.1 Å². The van der Waals surface area contributed by atoms with Crippen LogP contribution in [0.25, 0.3) is 10.1 Å². The topological polar surface area (TPSA) is 121 Å². The number of rotatable bonds is 10. The van der Waals surface area contributed by atoms with Crippen molar-refractivity contribution in [2.45, 2.75) is 42.1 Å². The molecule has 6 aromatic rings. The van der Waals surface area contributed by atoms with Crippen LogP contribution in [0, 0.1) is 0 Å². The van der Waals surface area contributed by atoms with Gasteiger partial charge in [-0.05, 0) is 40.3 Å². The lowest BCUT2D eigenvalue weighted by Gasteiger charge is -2.52. The number of aliphatic hydroxyl groups excluding tert-OH is 1. The summed E-state index contributed by atoms with van der Waals surface area (Å²) in [5, 5.41) is 38.0.